The summed E-state index contributed by atoms with van der Waals surface area (Å²) < 4.78 is 1.87. The van der Waals surface area contributed by atoms with Crippen LogP contribution in [0.25, 0.3) is 11.0 Å². The molecular formula is C17H29Cl2N5O. The Balaban J connectivity index is 0.00000288. The average Bonchev–Trinajstić information content (AvgIpc) is 2.95. The maximum absolute atomic E-state index is 12.6. The molecule has 142 valence electrons. The molecule has 2 aromatic heterocycles. The molecule has 2 aromatic rings. The van der Waals surface area contributed by atoms with Gasteiger partial charge in [-0.05, 0) is 39.8 Å². The topological polar surface area (TPSA) is 71.8 Å². The molecule has 2 heterocycles. The van der Waals surface area contributed by atoms with Crippen molar-refractivity contribution in [3.05, 3.63) is 23.5 Å². The van der Waals surface area contributed by atoms with E-state index in [9.17, 15) is 4.79 Å². The number of pyridine rings is 1. The minimum Gasteiger partial charge on any atom is -0.350 e. The van der Waals surface area contributed by atoms with Crippen molar-refractivity contribution in [1.82, 2.24) is 25.4 Å². The zero-order chi connectivity index (χ0) is 17.1. The summed E-state index contributed by atoms with van der Waals surface area (Å²) in [4.78, 5) is 17.3. The highest BCUT2D eigenvalue weighted by Gasteiger charge is 2.19. The molecule has 25 heavy (non-hydrogen) atoms. The summed E-state index contributed by atoms with van der Waals surface area (Å²) in [5.41, 5.74) is 2.33. The Hall–Kier alpha value is -1.37. The summed E-state index contributed by atoms with van der Waals surface area (Å²) in [5.74, 6) is 0.169. The minimum absolute atomic E-state index is 0. The third kappa shape index (κ3) is 5.30. The predicted octanol–water partition coefficient (Wildman–Crippen LogP) is 3.32. The van der Waals surface area contributed by atoms with E-state index in [0.717, 1.165) is 16.7 Å². The molecule has 0 aliphatic heterocycles. The van der Waals surface area contributed by atoms with Crippen LogP contribution in [-0.2, 0) is 0 Å². The minimum atomic E-state index is -0.0790. The molecule has 1 amide bonds. The number of aromatic nitrogens is 3. The van der Waals surface area contributed by atoms with Gasteiger partial charge in [0.2, 0.25) is 0 Å². The van der Waals surface area contributed by atoms with E-state index in [1.54, 1.807) is 6.20 Å². The maximum Gasteiger partial charge on any atom is 0.252 e. The first-order valence-corrected chi connectivity index (χ1v) is 8.18. The number of nitrogens with zero attached hydrogens (tertiary/aromatic N) is 3. The molecule has 1 unspecified atom stereocenters. The monoisotopic (exact) mass is 389 g/mol. The number of halogens is 2. The summed E-state index contributed by atoms with van der Waals surface area (Å²) in [5, 5.41) is 11.3. The molecule has 0 aromatic carbocycles. The van der Waals surface area contributed by atoms with Crippen LogP contribution in [0.5, 0.6) is 0 Å². The van der Waals surface area contributed by atoms with Crippen LogP contribution in [-0.4, -0.2) is 40.3 Å². The van der Waals surface area contributed by atoms with Crippen LogP contribution in [0.4, 0.5) is 0 Å². The lowest BCUT2D eigenvalue weighted by atomic mass is 10.0. The second-order valence-corrected chi connectivity index (χ2v) is 6.57. The molecule has 6 nitrogen and oxygen atoms in total. The van der Waals surface area contributed by atoms with E-state index in [1.807, 2.05) is 24.7 Å². The number of fused-ring (bicyclic) bond motifs is 1. The Labute approximate surface area is 162 Å². The van der Waals surface area contributed by atoms with Gasteiger partial charge in [0.25, 0.3) is 5.91 Å². The van der Waals surface area contributed by atoms with Crippen molar-refractivity contribution < 1.29 is 4.79 Å². The lowest BCUT2D eigenvalue weighted by Gasteiger charge is -2.14. The van der Waals surface area contributed by atoms with Gasteiger partial charge in [0, 0.05) is 24.3 Å². The van der Waals surface area contributed by atoms with Crippen LogP contribution >= 0.6 is 24.8 Å². The fourth-order valence-corrected chi connectivity index (χ4v) is 2.34. The van der Waals surface area contributed by atoms with Crippen molar-refractivity contribution in [1.29, 1.82) is 0 Å². The second-order valence-electron chi connectivity index (χ2n) is 6.57. The molecule has 0 fully saturated rings. The first-order chi connectivity index (χ1) is 10.8. The number of carbonyl (C=O) groups excluding carboxylic acids is 1. The average molecular weight is 390 g/mol. The van der Waals surface area contributed by atoms with Gasteiger partial charge < -0.3 is 10.6 Å². The maximum atomic E-state index is 12.6. The lowest BCUT2D eigenvalue weighted by molar-refractivity contribution is 0.0952. The fraction of sp³-hybridized carbons (Fsp3) is 0.588. The number of amides is 1. The summed E-state index contributed by atoms with van der Waals surface area (Å²) in [6.45, 7) is 10.9. The lowest BCUT2D eigenvalue weighted by Crippen LogP contribution is -2.37. The highest BCUT2D eigenvalue weighted by molar-refractivity contribution is 6.05. The van der Waals surface area contributed by atoms with Crippen LogP contribution in [0, 0.1) is 0 Å². The molecule has 2 N–H and O–H groups in total. The highest BCUT2D eigenvalue weighted by Crippen LogP contribution is 2.24. The molecule has 8 heteroatoms. The van der Waals surface area contributed by atoms with Gasteiger partial charge in [-0.1, -0.05) is 13.8 Å². The van der Waals surface area contributed by atoms with Gasteiger partial charge in [-0.25, -0.2) is 9.67 Å². The number of hydrogen-bond acceptors (Lipinski definition) is 4. The molecule has 0 bridgehead atoms. The highest BCUT2D eigenvalue weighted by atomic mass is 35.5. The van der Waals surface area contributed by atoms with Gasteiger partial charge in [-0.2, -0.15) is 5.10 Å². The molecule has 0 spiro atoms. The molecule has 0 saturated carbocycles. The van der Waals surface area contributed by atoms with Gasteiger partial charge in [0.05, 0.1) is 17.1 Å². The van der Waals surface area contributed by atoms with E-state index in [4.69, 9.17) is 4.98 Å². The van der Waals surface area contributed by atoms with Crippen molar-refractivity contribution in [2.45, 2.75) is 52.6 Å². The van der Waals surface area contributed by atoms with E-state index in [2.05, 4.69) is 43.4 Å². The zero-order valence-electron chi connectivity index (χ0n) is 15.7. The van der Waals surface area contributed by atoms with Crippen molar-refractivity contribution >= 4 is 41.8 Å². The Morgan fingerprint density at radius 2 is 1.84 bits per heavy atom. The van der Waals surface area contributed by atoms with Crippen LogP contribution in [0.15, 0.2) is 12.3 Å². The van der Waals surface area contributed by atoms with E-state index < -0.39 is 0 Å². The first-order valence-electron chi connectivity index (χ1n) is 8.18. The van der Waals surface area contributed by atoms with Crippen molar-refractivity contribution in [3.63, 3.8) is 0 Å². The quantitative estimate of drug-likeness (QED) is 0.794. The van der Waals surface area contributed by atoms with Crippen molar-refractivity contribution in [3.8, 4) is 0 Å². The van der Waals surface area contributed by atoms with Gasteiger partial charge in [-0.15, -0.1) is 24.8 Å². The smallest absolute Gasteiger partial charge is 0.252 e. The molecule has 0 radical (unpaired) electrons. The molecule has 0 aliphatic carbocycles. The number of likely N-dealkylation sites (N-methyl/N-ethyl adjacent to an activating group) is 1. The third-order valence-electron chi connectivity index (χ3n) is 3.97. The SMILES string of the molecule is CNC(C)CNC(=O)c1cc(C(C)C)nc2c1cnn2C(C)C.Cl.Cl. The fourth-order valence-electron chi connectivity index (χ4n) is 2.34. The van der Waals surface area contributed by atoms with Crippen LogP contribution in [0.3, 0.4) is 0 Å². The number of rotatable bonds is 6. The van der Waals surface area contributed by atoms with E-state index >= 15 is 0 Å². The number of carbonyl (C=O) groups is 1. The van der Waals surface area contributed by atoms with E-state index in [-0.39, 0.29) is 48.7 Å². The van der Waals surface area contributed by atoms with Crippen molar-refractivity contribution in [2.75, 3.05) is 13.6 Å². The summed E-state index contributed by atoms with van der Waals surface area (Å²) in [6, 6.07) is 2.31. The first kappa shape index (κ1) is 23.6. The van der Waals surface area contributed by atoms with Crippen LogP contribution in [0.2, 0.25) is 0 Å². The Kier molecular flexibility index (Phi) is 9.40. The second kappa shape index (κ2) is 9.94. The number of nitrogens with one attached hydrogen (secondary N) is 2. The summed E-state index contributed by atoms with van der Waals surface area (Å²) >= 11 is 0. The van der Waals surface area contributed by atoms with Gasteiger partial charge in [0.1, 0.15) is 0 Å². The van der Waals surface area contributed by atoms with Crippen LogP contribution < -0.4 is 10.6 Å². The molecule has 1 atom stereocenters. The largest absolute Gasteiger partial charge is 0.350 e. The summed E-state index contributed by atoms with van der Waals surface area (Å²) in [6.07, 6.45) is 1.74. The summed E-state index contributed by atoms with van der Waals surface area (Å²) in [7, 11) is 1.88. The Morgan fingerprint density at radius 1 is 1.20 bits per heavy atom. The zero-order valence-corrected chi connectivity index (χ0v) is 17.3. The van der Waals surface area contributed by atoms with E-state index in [1.165, 1.54) is 0 Å². The normalized spacial score (nSPS) is 12.0. The van der Waals surface area contributed by atoms with Gasteiger partial charge in [0.15, 0.2) is 5.65 Å². The number of hydrogen-bond donors (Lipinski definition) is 2. The molecular weight excluding hydrogens is 361 g/mol. The van der Waals surface area contributed by atoms with Crippen molar-refractivity contribution in [2.24, 2.45) is 0 Å². The molecule has 0 aliphatic rings. The van der Waals surface area contributed by atoms with Crippen LogP contribution in [0.1, 0.15) is 62.6 Å². The van der Waals surface area contributed by atoms with Gasteiger partial charge in [-0.3, -0.25) is 4.79 Å². The third-order valence-corrected chi connectivity index (χ3v) is 3.97. The standard InChI is InChI=1S/C17H27N5O.2ClH/c1-10(2)15-7-13(17(23)19-8-12(5)18-6)14-9-20-22(11(3)4)16(14)21-15;;/h7,9-12,18H,8H2,1-6H3,(H,19,23);2*1H. The van der Waals surface area contributed by atoms with Gasteiger partial charge >= 0.3 is 0 Å². The predicted molar refractivity (Wildman–Crippen MR) is 107 cm³/mol. The Morgan fingerprint density at radius 3 is 2.36 bits per heavy atom. The molecule has 2 rings (SSSR count). The molecule has 0 saturated heterocycles. The van der Waals surface area contributed by atoms with E-state index in [0.29, 0.717) is 12.1 Å². The Bertz CT molecular complexity index is 700.